The van der Waals surface area contributed by atoms with Crippen LogP contribution in [0.5, 0.6) is 11.6 Å². The Bertz CT molecular complexity index is 734. The second-order valence-electron chi connectivity index (χ2n) is 6.67. The third-order valence-corrected chi connectivity index (χ3v) is 4.58. The molecule has 1 N–H and O–H groups in total. The first-order valence-corrected chi connectivity index (χ1v) is 9.27. The molecule has 0 aliphatic carbocycles. The van der Waals surface area contributed by atoms with Crippen molar-refractivity contribution in [2.45, 2.75) is 32.3 Å². The molecule has 2 heterocycles. The first-order chi connectivity index (χ1) is 13.1. The normalized spacial score (nSPS) is 16.7. The summed E-state index contributed by atoms with van der Waals surface area (Å²) in [6, 6.07) is 11.5. The number of piperidine rings is 1. The Labute approximate surface area is 159 Å². The highest BCUT2D eigenvalue weighted by Gasteiger charge is 2.25. The Morgan fingerprint density at radius 2 is 2.04 bits per heavy atom. The van der Waals surface area contributed by atoms with Crippen molar-refractivity contribution < 1.29 is 14.3 Å². The first kappa shape index (κ1) is 18.9. The van der Waals surface area contributed by atoms with E-state index in [0.29, 0.717) is 19.0 Å². The quantitative estimate of drug-likeness (QED) is 0.846. The number of likely N-dealkylation sites (tertiary alicyclic amines) is 1. The number of urea groups is 1. The fourth-order valence-corrected chi connectivity index (χ4v) is 3.06. The molecule has 0 saturated carbocycles. The van der Waals surface area contributed by atoms with E-state index < -0.39 is 0 Å². The van der Waals surface area contributed by atoms with Crippen LogP contribution in [0.15, 0.2) is 36.4 Å². The zero-order chi connectivity index (χ0) is 19.1. The molecule has 0 radical (unpaired) electrons. The smallest absolute Gasteiger partial charge is 0.317 e. The summed E-state index contributed by atoms with van der Waals surface area (Å²) >= 11 is 0. The number of methoxy groups -OCH3 is 1. The summed E-state index contributed by atoms with van der Waals surface area (Å²) in [6.45, 7) is 3.78. The van der Waals surface area contributed by atoms with Gasteiger partial charge in [0, 0.05) is 19.2 Å². The molecule has 27 heavy (non-hydrogen) atoms. The zero-order valence-electron chi connectivity index (χ0n) is 15.9. The summed E-state index contributed by atoms with van der Waals surface area (Å²) < 4.78 is 11.0. The maximum absolute atomic E-state index is 12.4. The van der Waals surface area contributed by atoms with Crippen LogP contribution in [0.2, 0.25) is 0 Å². The zero-order valence-corrected chi connectivity index (χ0v) is 15.9. The summed E-state index contributed by atoms with van der Waals surface area (Å²) in [5.74, 6) is 1.34. The van der Waals surface area contributed by atoms with E-state index in [1.807, 2.05) is 48.2 Å². The number of aryl methyl sites for hydroxylation is 1. The number of ether oxygens (including phenoxy) is 2. The van der Waals surface area contributed by atoms with Gasteiger partial charge in [-0.25, -0.2) is 4.79 Å². The van der Waals surface area contributed by atoms with Gasteiger partial charge in [-0.05, 0) is 49.9 Å². The van der Waals surface area contributed by atoms with Crippen molar-refractivity contribution in [3.63, 3.8) is 0 Å². The van der Waals surface area contributed by atoms with Gasteiger partial charge in [0.1, 0.15) is 11.9 Å². The number of aromatic nitrogens is 2. The van der Waals surface area contributed by atoms with E-state index in [-0.39, 0.29) is 12.1 Å². The molecule has 2 aromatic rings. The van der Waals surface area contributed by atoms with Gasteiger partial charge in [0.25, 0.3) is 0 Å². The molecule has 144 valence electrons. The van der Waals surface area contributed by atoms with Crippen LogP contribution in [0.4, 0.5) is 4.79 Å². The van der Waals surface area contributed by atoms with Crippen molar-refractivity contribution in [1.29, 1.82) is 0 Å². The molecule has 0 bridgehead atoms. The van der Waals surface area contributed by atoms with Gasteiger partial charge in [-0.1, -0.05) is 12.1 Å². The van der Waals surface area contributed by atoms with Gasteiger partial charge < -0.3 is 19.7 Å². The van der Waals surface area contributed by atoms with Crippen molar-refractivity contribution in [2.75, 3.05) is 26.7 Å². The van der Waals surface area contributed by atoms with E-state index in [1.54, 1.807) is 7.11 Å². The van der Waals surface area contributed by atoms with Crippen molar-refractivity contribution >= 4 is 6.03 Å². The van der Waals surface area contributed by atoms with Gasteiger partial charge in [-0.2, -0.15) is 5.10 Å². The van der Waals surface area contributed by atoms with Crippen molar-refractivity contribution in [1.82, 2.24) is 20.4 Å². The summed E-state index contributed by atoms with van der Waals surface area (Å²) in [6.07, 6.45) is 2.55. The van der Waals surface area contributed by atoms with E-state index in [2.05, 4.69) is 15.5 Å². The van der Waals surface area contributed by atoms with Gasteiger partial charge in [0.15, 0.2) is 0 Å². The number of benzene rings is 1. The van der Waals surface area contributed by atoms with Gasteiger partial charge in [-0.15, -0.1) is 5.10 Å². The molecular weight excluding hydrogens is 344 g/mol. The number of hydrogen-bond donors (Lipinski definition) is 1. The maximum Gasteiger partial charge on any atom is 0.317 e. The van der Waals surface area contributed by atoms with Crippen LogP contribution in [0.25, 0.3) is 0 Å². The van der Waals surface area contributed by atoms with Crippen LogP contribution >= 0.6 is 0 Å². The standard InChI is InChI=1S/C20H26N4O3/c1-15-5-10-19(23-22-15)27-18-4-3-13-24(14-18)20(25)21-12-11-16-6-8-17(26-2)9-7-16/h5-10,18H,3-4,11-14H2,1-2H3,(H,21,25). The summed E-state index contributed by atoms with van der Waals surface area (Å²) in [4.78, 5) is 14.3. The van der Waals surface area contributed by atoms with Gasteiger partial charge in [-0.3, -0.25) is 0 Å². The fraction of sp³-hybridized carbons (Fsp3) is 0.450. The topological polar surface area (TPSA) is 76.6 Å². The predicted octanol–water partition coefficient (Wildman–Crippen LogP) is 2.59. The third kappa shape index (κ3) is 5.57. The summed E-state index contributed by atoms with van der Waals surface area (Å²) in [5.41, 5.74) is 2.01. The Hall–Kier alpha value is -2.83. The second-order valence-corrected chi connectivity index (χ2v) is 6.67. The molecule has 7 heteroatoms. The predicted molar refractivity (Wildman–Crippen MR) is 102 cm³/mol. The average molecular weight is 370 g/mol. The molecule has 1 atom stereocenters. The Balaban J connectivity index is 1.44. The highest BCUT2D eigenvalue weighted by Crippen LogP contribution is 2.16. The number of carbonyl (C=O) groups excluding carboxylic acids is 1. The largest absolute Gasteiger partial charge is 0.497 e. The molecule has 1 saturated heterocycles. The number of amides is 2. The number of rotatable bonds is 6. The molecule has 1 aromatic carbocycles. The highest BCUT2D eigenvalue weighted by molar-refractivity contribution is 5.74. The lowest BCUT2D eigenvalue weighted by atomic mass is 10.1. The Morgan fingerprint density at radius 3 is 2.74 bits per heavy atom. The SMILES string of the molecule is COc1ccc(CCNC(=O)N2CCCC(Oc3ccc(C)nn3)C2)cc1. The molecule has 1 aromatic heterocycles. The lowest BCUT2D eigenvalue weighted by molar-refractivity contribution is 0.0971. The van der Waals surface area contributed by atoms with Crippen molar-refractivity contribution in [3.8, 4) is 11.6 Å². The molecule has 0 spiro atoms. The molecule has 3 rings (SSSR count). The molecule has 1 unspecified atom stereocenters. The summed E-state index contributed by atoms with van der Waals surface area (Å²) in [5, 5.41) is 11.0. The second kappa shape index (κ2) is 9.21. The molecule has 1 fully saturated rings. The van der Waals surface area contributed by atoms with Crippen molar-refractivity contribution in [2.24, 2.45) is 0 Å². The van der Waals surface area contributed by atoms with Crippen LogP contribution in [0.3, 0.4) is 0 Å². The van der Waals surface area contributed by atoms with Gasteiger partial charge in [0.2, 0.25) is 5.88 Å². The van der Waals surface area contributed by atoms with Crippen LogP contribution in [0, 0.1) is 6.92 Å². The van der Waals surface area contributed by atoms with E-state index in [0.717, 1.165) is 42.8 Å². The van der Waals surface area contributed by atoms with E-state index in [9.17, 15) is 4.79 Å². The fourth-order valence-electron chi connectivity index (χ4n) is 3.06. The Morgan fingerprint density at radius 1 is 1.22 bits per heavy atom. The number of nitrogens with one attached hydrogen (secondary N) is 1. The Kier molecular flexibility index (Phi) is 6.46. The highest BCUT2D eigenvalue weighted by atomic mass is 16.5. The van der Waals surface area contributed by atoms with Crippen LogP contribution in [-0.2, 0) is 6.42 Å². The van der Waals surface area contributed by atoms with Gasteiger partial charge >= 0.3 is 6.03 Å². The van der Waals surface area contributed by atoms with E-state index >= 15 is 0 Å². The van der Waals surface area contributed by atoms with Gasteiger partial charge in [0.05, 0.1) is 19.3 Å². The van der Waals surface area contributed by atoms with E-state index in [1.165, 1.54) is 0 Å². The first-order valence-electron chi connectivity index (χ1n) is 9.27. The van der Waals surface area contributed by atoms with Crippen LogP contribution in [-0.4, -0.2) is 54.0 Å². The lowest BCUT2D eigenvalue weighted by Gasteiger charge is -2.32. The van der Waals surface area contributed by atoms with Crippen LogP contribution in [0.1, 0.15) is 24.1 Å². The minimum absolute atomic E-state index is 0.0493. The molecule has 1 aliphatic heterocycles. The number of carbonyl (C=O) groups is 1. The van der Waals surface area contributed by atoms with Crippen molar-refractivity contribution in [3.05, 3.63) is 47.7 Å². The number of nitrogens with zero attached hydrogens (tertiary/aromatic N) is 3. The summed E-state index contributed by atoms with van der Waals surface area (Å²) in [7, 11) is 1.65. The lowest BCUT2D eigenvalue weighted by Crippen LogP contribution is -2.49. The van der Waals surface area contributed by atoms with E-state index in [4.69, 9.17) is 9.47 Å². The number of hydrogen-bond acceptors (Lipinski definition) is 5. The third-order valence-electron chi connectivity index (χ3n) is 4.58. The molecule has 1 aliphatic rings. The molecular formula is C20H26N4O3. The minimum atomic E-state index is -0.0527. The minimum Gasteiger partial charge on any atom is -0.497 e. The monoisotopic (exact) mass is 370 g/mol. The molecule has 2 amide bonds. The average Bonchev–Trinajstić information content (AvgIpc) is 2.70. The molecule has 7 nitrogen and oxygen atoms in total. The maximum atomic E-state index is 12.4. The van der Waals surface area contributed by atoms with Crippen LogP contribution < -0.4 is 14.8 Å².